The zero-order valence-corrected chi connectivity index (χ0v) is 19.9. The SMILES string of the molecule is COC(=O)c1c(NC(=O)/C=C/c2ccc(Cl)cc2Cl)sc(C)c1-c1ccc(Br)cc1. The molecule has 8 heteroatoms. The van der Waals surface area contributed by atoms with Gasteiger partial charge in [-0.1, -0.05) is 57.3 Å². The largest absolute Gasteiger partial charge is 0.465 e. The topological polar surface area (TPSA) is 55.4 Å². The first-order chi connectivity index (χ1) is 14.3. The van der Waals surface area contributed by atoms with Crippen LogP contribution in [0.3, 0.4) is 0 Å². The van der Waals surface area contributed by atoms with Gasteiger partial charge in [-0.3, -0.25) is 4.79 Å². The third-order valence-corrected chi connectivity index (χ3v) is 6.33. The molecule has 3 rings (SSSR count). The maximum absolute atomic E-state index is 12.5. The molecule has 4 nitrogen and oxygen atoms in total. The number of rotatable bonds is 5. The number of carbonyl (C=O) groups is 2. The second-order valence-corrected chi connectivity index (χ2v) is 9.21. The second-order valence-electron chi connectivity index (χ2n) is 6.22. The van der Waals surface area contributed by atoms with Gasteiger partial charge in [0.1, 0.15) is 10.6 Å². The first-order valence-corrected chi connectivity index (χ1v) is 11.1. The normalized spacial score (nSPS) is 11.0. The highest BCUT2D eigenvalue weighted by Crippen LogP contribution is 2.40. The van der Waals surface area contributed by atoms with E-state index in [1.165, 1.54) is 24.5 Å². The minimum Gasteiger partial charge on any atom is -0.465 e. The molecule has 0 aliphatic rings. The fourth-order valence-electron chi connectivity index (χ4n) is 2.85. The van der Waals surface area contributed by atoms with Crippen molar-refractivity contribution in [3.63, 3.8) is 0 Å². The molecule has 0 bridgehead atoms. The number of hydrogen-bond donors (Lipinski definition) is 1. The summed E-state index contributed by atoms with van der Waals surface area (Å²) in [4.78, 5) is 25.9. The number of anilines is 1. The summed E-state index contributed by atoms with van der Waals surface area (Å²) in [5.41, 5.74) is 2.58. The smallest absolute Gasteiger partial charge is 0.341 e. The van der Waals surface area contributed by atoms with E-state index in [-0.39, 0.29) is 0 Å². The summed E-state index contributed by atoms with van der Waals surface area (Å²) in [5, 5.41) is 4.16. The predicted octanol–water partition coefficient (Wildman–Crippen LogP) is 7.23. The number of amides is 1. The molecule has 0 radical (unpaired) electrons. The van der Waals surface area contributed by atoms with Gasteiger partial charge in [-0.05, 0) is 48.4 Å². The molecule has 0 atom stereocenters. The number of halogens is 3. The average Bonchev–Trinajstić information content (AvgIpc) is 3.03. The van der Waals surface area contributed by atoms with Crippen LogP contribution in [0, 0.1) is 6.92 Å². The zero-order valence-electron chi connectivity index (χ0n) is 16.0. The van der Waals surface area contributed by atoms with Crippen LogP contribution in [0.5, 0.6) is 0 Å². The average molecular weight is 525 g/mol. The molecule has 1 amide bonds. The lowest BCUT2D eigenvalue weighted by molar-refractivity contribution is -0.111. The van der Waals surface area contributed by atoms with E-state index in [2.05, 4.69) is 21.2 Å². The molecule has 2 aromatic carbocycles. The van der Waals surface area contributed by atoms with Crippen molar-refractivity contribution in [2.75, 3.05) is 12.4 Å². The molecule has 0 aliphatic carbocycles. The summed E-state index contributed by atoms with van der Waals surface area (Å²) in [5.74, 6) is -0.910. The molecule has 1 aromatic heterocycles. The molecule has 1 heterocycles. The van der Waals surface area contributed by atoms with Crippen molar-refractivity contribution in [1.82, 2.24) is 0 Å². The van der Waals surface area contributed by atoms with Gasteiger partial charge in [0, 0.05) is 31.0 Å². The summed E-state index contributed by atoms with van der Waals surface area (Å²) in [7, 11) is 1.31. The number of thiophene rings is 1. The van der Waals surface area contributed by atoms with E-state index in [0.717, 1.165) is 20.5 Å². The monoisotopic (exact) mass is 523 g/mol. The van der Waals surface area contributed by atoms with Crippen molar-refractivity contribution in [3.05, 3.63) is 79.1 Å². The number of hydrogen-bond acceptors (Lipinski definition) is 4. The quantitative estimate of drug-likeness (QED) is 0.283. The highest BCUT2D eigenvalue weighted by molar-refractivity contribution is 9.10. The van der Waals surface area contributed by atoms with Gasteiger partial charge in [0.2, 0.25) is 5.91 Å². The Morgan fingerprint density at radius 2 is 1.83 bits per heavy atom. The van der Waals surface area contributed by atoms with Gasteiger partial charge in [0.25, 0.3) is 0 Å². The summed E-state index contributed by atoms with van der Waals surface area (Å²) in [6.45, 7) is 1.90. The minimum atomic E-state index is -0.516. The van der Waals surface area contributed by atoms with Gasteiger partial charge in [0.05, 0.1) is 7.11 Å². The maximum Gasteiger partial charge on any atom is 0.341 e. The van der Waals surface area contributed by atoms with Gasteiger partial charge in [-0.15, -0.1) is 11.3 Å². The summed E-state index contributed by atoms with van der Waals surface area (Å²) < 4.78 is 5.90. The van der Waals surface area contributed by atoms with Crippen molar-refractivity contribution in [2.24, 2.45) is 0 Å². The van der Waals surface area contributed by atoms with Crippen molar-refractivity contribution < 1.29 is 14.3 Å². The maximum atomic E-state index is 12.5. The molecular formula is C22H16BrCl2NO3S. The number of aryl methyl sites for hydroxylation is 1. The van der Waals surface area contributed by atoms with Crippen molar-refractivity contribution in [1.29, 1.82) is 0 Å². The number of esters is 1. The Balaban J connectivity index is 1.92. The van der Waals surface area contributed by atoms with Crippen LogP contribution in [0.2, 0.25) is 10.0 Å². The van der Waals surface area contributed by atoms with Crippen LogP contribution in [-0.4, -0.2) is 19.0 Å². The number of methoxy groups -OCH3 is 1. The second kappa shape index (κ2) is 9.79. The van der Waals surface area contributed by atoms with Crippen molar-refractivity contribution in [2.45, 2.75) is 6.92 Å². The predicted molar refractivity (Wildman–Crippen MR) is 128 cm³/mol. The Morgan fingerprint density at radius 1 is 1.13 bits per heavy atom. The third-order valence-electron chi connectivity index (χ3n) is 4.22. The number of carbonyl (C=O) groups excluding carboxylic acids is 2. The molecule has 0 saturated heterocycles. The number of benzene rings is 2. The van der Waals surface area contributed by atoms with Gasteiger partial charge in [-0.2, -0.15) is 0 Å². The highest BCUT2D eigenvalue weighted by atomic mass is 79.9. The lowest BCUT2D eigenvalue weighted by Crippen LogP contribution is -2.11. The lowest BCUT2D eigenvalue weighted by atomic mass is 10.0. The molecule has 3 aromatic rings. The van der Waals surface area contributed by atoms with Crippen molar-refractivity contribution >= 4 is 73.4 Å². The first-order valence-electron chi connectivity index (χ1n) is 8.72. The standard InChI is InChI=1S/C22H16BrCl2NO3S/c1-12-19(14-3-7-15(23)8-4-14)20(22(28)29-2)21(30-12)26-18(27)10-6-13-5-9-16(24)11-17(13)25/h3-11H,1-2H3,(H,26,27)/b10-6+. The number of ether oxygens (including phenoxy) is 1. The van der Waals surface area contributed by atoms with E-state index in [4.69, 9.17) is 27.9 Å². The Hall–Kier alpha value is -2.12. The Bertz CT molecular complexity index is 1140. The summed E-state index contributed by atoms with van der Waals surface area (Å²) >= 11 is 16.8. The molecule has 0 spiro atoms. The molecular weight excluding hydrogens is 509 g/mol. The van der Waals surface area contributed by atoms with Gasteiger partial charge in [0.15, 0.2) is 0 Å². The van der Waals surface area contributed by atoms with Crippen LogP contribution in [0.15, 0.2) is 53.0 Å². The van der Waals surface area contributed by atoms with Gasteiger partial charge in [-0.25, -0.2) is 4.79 Å². The van der Waals surface area contributed by atoms with Crippen LogP contribution in [0.25, 0.3) is 17.2 Å². The first kappa shape index (κ1) is 22.6. The summed E-state index contributed by atoms with van der Waals surface area (Å²) in [6, 6.07) is 12.6. The number of nitrogens with one attached hydrogen (secondary N) is 1. The van der Waals surface area contributed by atoms with E-state index < -0.39 is 11.9 Å². The minimum absolute atomic E-state index is 0.327. The van der Waals surface area contributed by atoms with E-state index >= 15 is 0 Å². The Labute approximate surface area is 196 Å². The lowest BCUT2D eigenvalue weighted by Gasteiger charge is -2.07. The molecule has 1 N–H and O–H groups in total. The molecule has 0 saturated carbocycles. The van der Waals surface area contributed by atoms with Crippen LogP contribution in [0.1, 0.15) is 20.8 Å². The third kappa shape index (κ3) is 5.13. The van der Waals surface area contributed by atoms with E-state index in [1.807, 2.05) is 31.2 Å². The van der Waals surface area contributed by atoms with Crippen molar-refractivity contribution in [3.8, 4) is 11.1 Å². The van der Waals surface area contributed by atoms with Crippen LogP contribution in [0.4, 0.5) is 5.00 Å². The van der Waals surface area contributed by atoms with E-state index in [0.29, 0.717) is 26.2 Å². The van der Waals surface area contributed by atoms with Gasteiger partial charge < -0.3 is 10.1 Å². The van der Waals surface area contributed by atoms with Crippen LogP contribution < -0.4 is 5.32 Å². The Kier molecular flexibility index (Phi) is 7.36. The van der Waals surface area contributed by atoms with E-state index in [1.54, 1.807) is 24.3 Å². The molecule has 0 fully saturated rings. The molecule has 0 aliphatic heterocycles. The molecule has 30 heavy (non-hydrogen) atoms. The zero-order chi connectivity index (χ0) is 21.8. The molecule has 0 unspecified atom stereocenters. The Morgan fingerprint density at radius 3 is 2.47 bits per heavy atom. The fourth-order valence-corrected chi connectivity index (χ4v) is 4.65. The molecule has 154 valence electrons. The van der Waals surface area contributed by atoms with Crippen LogP contribution in [-0.2, 0) is 9.53 Å². The van der Waals surface area contributed by atoms with Crippen LogP contribution >= 0.6 is 50.5 Å². The fraction of sp³-hybridized carbons (Fsp3) is 0.0909. The summed E-state index contributed by atoms with van der Waals surface area (Å²) in [6.07, 6.45) is 2.94. The van der Waals surface area contributed by atoms with E-state index in [9.17, 15) is 9.59 Å². The highest BCUT2D eigenvalue weighted by Gasteiger charge is 2.24. The van der Waals surface area contributed by atoms with Gasteiger partial charge >= 0.3 is 5.97 Å².